The van der Waals surface area contributed by atoms with Crippen LogP contribution in [0.1, 0.15) is 85.0 Å². The first kappa shape index (κ1) is 19.9. The molecule has 0 fully saturated rings. The van der Waals surface area contributed by atoms with Crippen LogP contribution >= 0.6 is 0 Å². The summed E-state index contributed by atoms with van der Waals surface area (Å²) in [7, 11) is -4.24. The van der Waals surface area contributed by atoms with Crippen molar-refractivity contribution in [3.63, 3.8) is 0 Å². The van der Waals surface area contributed by atoms with Gasteiger partial charge in [0.05, 0.1) is 6.61 Å². The molecule has 0 atom stereocenters. The molecule has 122 valence electrons. The number of rotatable bonds is 12. The summed E-state index contributed by atoms with van der Waals surface area (Å²) >= 11 is 0. The van der Waals surface area contributed by atoms with E-state index in [0.717, 1.165) is 12.8 Å². The summed E-state index contributed by atoms with van der Waals surface area (Å²) < 4.78 is 33.2. The highest BCUT2D eigenvalue weighted by Gasteiger charge is 2.08. The zero-order chi connectivity index (χ0) is 15.5. The molecule has 0 heterocycles. The maximum Gasteiger partial charge on any atom is 0.397 e. The van der Waals surface area contributed by atoms with Crippen LogP contribution < -0.4 is 0 Å². The van der Waals surface area contributed by atoms with E-state index in [1.54, 1.807) is 0 Å². The Hall–Kier alpha value is -0.130. The first-order valence-electron chi connectivity index (χ1n) is 7.82. The SMILES string of the molecule is CC(C)(C)CCCCCCCCCCCOS(=O)(=O)O. The predicted octanol–water partition coefficient (Wildman–Crippen LogP) is 4.75. The van der Waals surface area contributed by atoms with E-state index in [1.165, 1.54) is 44.9 Å². The van der Waals surface area contributed by atoms with Crippen LogP contribution in [0, 0.1) is 5.41 Å². The predicted molar refractivity (Wildman–Crippen MR) is 83.1 cm³/mol. The first-order chi connectivity index (χ1) is 9.21. The minimum Gasteiger partial charge on any atom is -0.264 e. The van der Waals surface area contributed by atoms with Gasteiger partial charge in [0.2, 0.25) is 0 Å². The van der Waals surface area contributed by atoms with Crippen LogP contribution in [0.15, 0.2) is 0 Å². The lowest BCUT2D eigenvalue weighted by Gasteiger charge is -2.17. The molecule has 0 aliphatic carbocycles. The largest absolute Gasteiger partial charge is 0.397 e. The number of unbranched alkanes of at least 4 members (excludes halogenated alkanes) is 8. The van der Waals surface area contributed by atoms with Gasteiger partial charge >= 0.3 is 10.4 Å². The van der Waals surface area contributed by atoms with E-state index in [-0.39, 0.29) is 6.61 Å². The Morgan fingerprint density at radius 2 is 1.20 bits per heavy atom. The van der Waals surface area contributed by atoms with Gasteiger partial charge in [-0.2, -0.15) is 8.42 Å². The van der Waals surface area contributed by atoms with Crippen LogP contribution in [0.4, 0.5) is 0 Å². The smallest absolute Gasteiger partial charge is 0.264 e. The summed E-state index contributed by atoms with van der Waals surface area (Å²) in [6, 6.07) is 0. The van der Waals surface area contributed by atoms with Gasteiger partial charge in [0.1, 0.15) is 0 Å². The second-order valence-corrected chi connectivity index (χ2v) is 7.83. The minimum atomic E-state index is -4.24. The average molecular weight is 308 g/mol. The lowest BCUT2D eigenvalue weighted by Crippen LogP contribution is -2.04. The third kappa shape index (κ3) is 17.9. The standard InChI is InChI=1S/C15H32O4S/c1-15(2,3)13-11-9-7-5-4-6-8-10-12-14-19-20(16,17)18/h4-14H2,1-3H3,(H,16,17,18). The molecular weight excluding hydrogens is 276 g/mol. The van der Waals surface area contributed by atoms with Gasteiger partial charge in [-0.15, -0.1) is 0 Å². The molecule has 0 rings (SSSR count). The van der Waals surface area contributed by atoms with Gasteiger partial charge in [-0.25, -0.2) is 4.18 Å². The van der Waals surface area contributed by atoms with E-state index < -0.39 is 10.4 Å². The lowest BCUT2D eigenvalue weighted by molar-refractivity contribution is 0.261. The van der Waals surface area contributed by atoms with Crippen molar-refractivity contribution in [3.8, 4) is 0 Å². The van der Waals surface area contributed by atoms with E-state index in [9.17, 15) is 8.42 Å². The normalized spacial score (nSPS) is 12.8. The quantitative estimate of drug-likeness (QED) is 0.417. The molecule has 0 aromatic carbocycles. The highest BCUT2D eigenvalue weighted by Crippen LogP contribution is 2.22. The van der Waals surface area contributed by atoms with Crippen LogP contribution in [0.5, 0.6) is 0 Å². The maximum atomic E-state index is 10.3. The maximum absolute atomic E-state index is 10.3. The van der Waals surface area contributed by atoms with Gasteiger partial charge in [0, 0.05) is 0 Å². The Kier molecular flexibility index (Phi) is 10.5. The van der Waals surface area contributed by atoms with Crippen molar-refractivity contribution in [2.75, 3.05) is 6.61 Å². The Labute approximate surface area is 125 Å². The van der Waals surface area contributed by atoms with Crippen molar-refractivity contribution in [2.24, 2.45) is 5.41 Å². The first-order valence-corrected chi connectivity index (χ1v) is 9.19. The van der Waals surface area contributed by atoms with Crippen LogP contribution in [0.2, 0.25) is 0 Å². The molecular formula is C15H32O4S. The molecule has 0 radical (unpaired) electrons. The van der Waals surface area contributed by atoms with Gasteiger partial charge in [-0.05, 0) is 18.3 Å². The Morgan fingerprint density at radius 3 is 1.60 bits per heavy atom. The molecule has 0 aliphatic rings. The van der Waals surface area contributed by atoms with E-state index in [4.69, 9.17) is 4.55 Å². The molecule has 0 bridgehead atoms. The summed E-state index contributed by atoms with van der Waals surface area (Å²) in [6.45, 7) is 6.96. The van der Waals surface area contributed by atoms with Crippen LogP contribution in [0.3, 0.4) is 0 Å². The molecule has 0 spiro atoms. The van der Waals surface area contributed by atoms with Crippen molar-refractivity contribution in [2.45, 2.75) is 85.0 Å². The van der Waals surface area contributed by atoms with Crippen LogP contribution in [-0.2, 0) is 14.6 Å². The summed E-state index contributed by atoms with van der Waals surface area (Å²) in [5, 5.41) is 0. The summed E-state index contributed by atoms with van der Waals surface area (Å²) in [5.74, 6) is 0. The van der Waals surface area contributed by atoms with Gasteiger partial charge in [-0.3, -0.25) is 4.55 Å². The Morgan fingerprint density at radius 1 is 0.800 bits per heavy atom. The topological polar surface area (TPSA) is 63.6 Å². The van der Waals surface area contributed by atoms with E-state index in [1.807, 2.05) is 0 Å². The molecule has 1 N–H and O–H groups in total. The van der Waals surface area contributed by atoms with E-state index in [2.05, 4.69) is 25.0 Å². The van der Waals surface area contributed by atoms with Gasteiger partial charge < -0.3 is 0 Å². The zero-order valence-electron chi connectivity index (χ0n) is 13.4. The van der Waals surface area contributed by atoms with E-state index >= 15 is 0 Å². The number of hydrogen-bond donors (Lipinski definition) is 1. The van der Waals surface area contributed by atoms with E-state index in [0.29, 0.717) is 11.8 Å². The van der Waals surface area contributed by atoms with Crippen LogP contribution in [0.25, 0.3) is 0 Å². The van der Waals surface area contributed by atoms with Crippen LogP contribution in [-0.4, -0.2) is 19.6 Å². The van der Waals surface area contributed by atoms with Crippen molar-refractivity contribution in [1.29, 1.82) is 0 Å². The highest BCUT2D eigenvalue weighted by molar-refractivity contribution is 7.80. The highest BCUT2D eigenvalue weighted by atomic mass is 32.3. The molecule has 20 heavy (non-hydrogen) atoms. The Balaban J connectivity index is 3.14. The van der Waals surface area contributed by atoms with Gasteiger partial charge in [0.25, 0.3) is 0 Å². The average Bonchev–Trinajstić information content (AvgIpc) is 2.27. The second kappa shape index (κ2) is 10.6. The van der Waals surface area contributed by atoms with Gasteiger partial charge in [0.15, 0.2) is 0 Å². The van der Waals surface area contributed by atoms with Crippen molar-refractivity contribution in [3.05, 3.63) is 0 Å². The molecule has 0 saturated heterocycles. The summed E-state index contributed by atoms with van der Waals surface area (Å²) in [4.78, 5) is 0. The zero-order valence-corrected chi connectivity index (χ0v) is 14.2. The third-order valence-corrected chi connectivity index (χ3v) is 3.77. The van der Waals surface area contributed by atoms with Gasteiger partial charge in [-0.1, -0.05) is 72.1 Å². The second-order valence-electron chi connectivity index (χ2n) is 6.74. The minimum absolute atomic E-state index is 0.0889. The summed E-state index contributed by atoms with van der Waals surface area (Å²) in [5.41, 5.74) is 0.462. The molecule has 0 aliphatic heterocycles. The monoisotopic (exact) mass is 308 g/mol. The van der Waals surface area contributed by atoms with Crippen molar-refractivity contribution < 1.29 is 17.2 Å². The number of hydrogen-bond acceptors (Lipinski definition) is 3. The third-order valence-electron chi connectivity index (χ3n) is 3.30. The molecule has 0 amide bonds. The van der Waals surface area contributed by atoms with Crippen molar-refractivity contribution >= 4 is 10.4 Å². The summed E-state index contributed by atoms with van der Waals surface area (Å²) in [6.07, 6.45) is 11.8. The Bertz CT molecular complexity index is 317. The lowest BCUT2D eigenvalue weighted by atomic mass is 9.89. The molecule has 0 saturated carbocycles. The fourth-order valence-electron chi connectivity index (χ4n) is 2.16. The fourth-order valence-corrected chi connectivity index (χ4v) is 2.49. The molecule has 0 aromatic heterocycles. The van der Waals surface area contributed by atoms with Crippen molar-refractivity contribution in [1.82, 2.24) is 0 Å². The molecule has 0 unspecified atom stereocenters. The molecule has 4 nitrogen and oxygen atoms in total. The molecule has 0 aromatic rings. The molecule has 5 heteroatoms. The fraction of sp³-hybridized carbons (Fsp3) is 1.00.